The Morgan fingerprint density at radius 1 is 1.17 bits per heavy atom. The van der Waals surface area contributed by atoms with Crippen LogP contribution in [0.25, 0.3) is 0 Å². The van der Waals surface area contributed by atoms with Crippen LogP contribution in [0.2, 0.25) is 0 Å². The number of carbonyl (C=O) groups is 2. The number of rotatable bonds is 1. The predicted octanol–water partition coefficient (Wildman–Crippen LogP) is 2.36. The molecule has 3 rings (SSSR count). The smallest absolute Gasteiger partial charge is 0.270 e. The molecule has 1 saturated heterocycles. The van der Waals surface area contributed by atoms with Crippen molar-refractivity contribution in [3.63, 3.8) is 0 Å². The van der Waals surface area contributed by atoms with E-state index in [4.69, 9.17) is 0 Å². The number of nitrogens with one attached hydrogen (secondary N) is 2. The normalized spacial score (nSPS) is 25.9. The Morgan fingerprint density at radius 2 is 1.83 bits per heavy atom. The van der Waals surface area contributed by atoms with E-state index in [1.807, 2.05) is 39.0 Å². The van der Waals surface area contributed by atoms with E-state index in [-0.39, 0.29) is 17.2 Å². The van der Waals surface area contributed by atoms with E-state index < -0.39 is 11.2 Å². The lowest BCUT2D eigenvalue weighted by Gasteiger charge is -2.37. The van der Waals surface area contributed by atoms with Crippen LogP contribution in [0.1, 0.15) is 45.7 Å². The number of amides is 2. The number of benzene rings is 1. The highest BCUT2D eigenvalue weighted by molar-refractivity contribution is 6.10. The molecule has 0 aliphatic carbocycles. The highest BCUT2D eigenvalue weighted by Gasteiger charge is 2.63. The number of anilines is 1. The second kappa shape index (κ2) is 4.57. The summed E-state index contributed by atoms with van der Waals surface area (Å²) in [7, 11) is 0. The minimum absolute atomic E-state index is 0.0445. The first kappa shape index (κ1) is 16.0. The van der Waals surface area contributed by atoms with Crippen LogP contribution in [0.4, 0.5) is 5.69 Å². The van der Waals surface area contributed by atoms with Crippen molar-refractivity contribution in [3.05, 3.63) is 29.3 Å². The summed E-state index contributed by atoms with van der Waals surface area (Å²) in [5, 5.41) is 6.30. The van der Waals surface area contributed by atoms with Gasteiger partial charge >= 0.3 is 0 Å². The van der Waals surface area contributed by atoms with Gasteiger partial charge in [0.15, 0.2) is 0 Å². The SMILES string of the molecule is Cc1cccc2c1NC(=O)C21NC(C)(C)C(=O)N1CC(C)(C)C. The van der Waals surface area contributed by atoms with Gasteiger partial charge in [0.25, 0.3) is 5.91 Å². The minimum atomic E-state index is -1.12. The number of para-hydroxylation sites is 1. The zero-order valence-electron chi connectivity index (χ0n) is 14.7. The van der Waals surface area contributed by atoms with E-state index in [9.17, 15) is 9.59 Å². The second-order valence-corrected chi connectivity index (χ2v) is 8.36. The lowest BCUT2D eigenvalue weighted by molar-refractivity contribution is -0.141. The van der Waals surface area contributed by atoms with E-state index >= 15 is 0 Å². The molecule has 1 atom stereocenters. The van der Waals surface area contributed by atoms with Crippen LogP contribution in [-0.2, 0) is 15.3 Å². The average Bonchev–Trinajstić information content (AvgIpc) is 2.79. The van der Waals surface area contributed by atoms with Crippen molar-refractivity contribution in [1.29, 1.82) is 0 Å². The first-order valence-electron chi connectivity index (χ1n) is 8.02. The van der Waals surface area contributed by atoms with Crippen LogP contribution >= 0.6 is 0 Å². The maximum atomic E-state index is 13.0. The summed E-state index contributed by atoms with van der Waals surface area (Å²) in [5.74, 6) is -0.220. The number of nitrogens with zero attached hydrogens (tertiary/aromatic N) is 1. The van der Waals surface area contributed by atoms with Gasteiger partial charge in [0, 0.05) is 12.1 Å². The summed E-state index contributed by atoms with van der Waals surface area (Å²) in [6.07, 6.45) is 0. The summed E-state index contributed by atoms with van der Waals surface area (Å²) < 4.78 is 0. The molecule has 124 valence electrons. The summed E-state index contributed by atoms with van der Waals surface area (Å²) in [5.41, 5.74) is 0.642. The van der Waals surface area contributed by atoms with E-state index in [1.165, 1.54) is 0 Å². The summed E-state index contributed by atoms with van der Waals surface area (Å²) in [6.45, 7) is 12.4. The number of hydrogen-bond donors (Lipinski definition) is 2. The van der Waals surface area contributed by atoms with Crippen LogP contribution < -0.4 is 10.6 Å². The Balaban J connectivity index is 2.22. The van der Waals surface area contributed by atoms with Gasteiger partial charge in [0.2, 0.25) is 11.6 Å². The molecular weight excluding hydrogens is 290 g/mol. The van der Waals surface area contributed by atoms with Gasteiger partial charge in [-0.05, 0) is 31.7 Å². The molecule has 2 N–H and O–H groups in total. The van der Waals surface area contributed by atoms with Crippen LogP contribution in [0.5, 0.6) is 0 Å². The molecule has 1 aromatic carbocycles. The number of hydrogen-bond acceptors (Lipinski definition) is 3. The molecule has 5 nitrogen and oxygen atoms in total. The Kier molecular flexibility index (Phi) is 3.18. The van der Waals surface area contributed by atoms with Crippen LogP contribution in [0.15, 0.2) is 18.2 Å². The molecule has 23 heavy (non-hydrogen) atoms. The molecule has 5 heteroatoms. The molecule has 1 spiro atoms. The van der Waals surface area contributed by atoms with Crippen molar-refractivity contribution in [3.8, 4) is 0 Å². The molecule has 0 saturated carbocycles. The number of fused-ring (bicyclic) bond motifs is 2. The Labute approximate surface area is 137 Å². The molecule has 1 unspecified atom stereocenters. The molecule has 2 aliphatic rings. The third-order valence-electron chi connectivity index (χ3n) is 4.54. The zero-order valence-corrected chi connectivity index (χ0v) is 14.7. The maximum Gasteiger partial charge on any atom is 0.270 e. The molecule has 0 aromatic heterocycles. The van der Waals surface area contributed by atoms with Crippen molar-refractivity contribution in [1.82, 2.24) is 10.2 Å². The standard InChI is InChI=1S/C18H25N3O2/c1-11-8-7-9-12-13(11)19-14(22)18(12)20-17(5,6)15(23)21(18)10-16(2,3)4/h7-9,20H,10H2,1-6H3,(H,19,22). The quantitative estimate of drug-likeness (QED) is 0.836. The minimum Gasteiger partial charge on any atom is -0.322 e. The number of aryl methyl sites for hydroxylation is 1. The molecule has 2 aliphatic heterocycles. The van der Waals surface area contributed by atoms with Crippen molar-refractivity contribution in [2.45, 2.75) is 52.7 Å². The molecular formula is C18H25N3O2. The Bertz CT molecular complexity index is 703. The molecule has 1 aromatic rings. The van der Waals surface area contributed by atoms with E-state index in [0.29, 0.717) is 6.54 Å². The highest BCUT2D eigenvalue weighted by Crippen LogP contribution is 2.46. The summed E-state index contributed by atoms with van der Waals surface area (Å²) in [6, 6.07) is 5.83. The average molecular weight is 315 g/mol. The van der Waals surface area contributed by atoms with Gasteiger partial charge in [0.05, 0.1) is 11.2 Å². The third kappa shape index (κ3) is 2.17. The molecule has 2 amide bonds. The van der Waals surface area contributed by atoms with E-state index in [0.717, 1.165) is 16.8 Å². The predicted molar refractivity (Wildman–Crippen MR) is 89.9 cm³/mol. The maximum absolute atomic E-state index is 13.0. The summed E-state index contributed by atoms with van der Waals surface area (Å²) in [4.78, 5) is 27.7. The lowest BCUT2D eigenvalue weighted by atomic mass is 9.92. The van der Waals surface area contributed by atoms with Crippen molar-refractivity contribution in [2.75, 3.05) is 11.9 Å². The van der Waals surface area contributed by atoms with Crippen LogP contribution in [0.3, 0.4) is 0 Å². The molecule has 2 heterocycles. The monoisotopic (exact) mass is 315 g/mol. The molecule has 1 fully saturated rings. The van der Waals surface area contributed by atoms with Crippen molar-refractivity contribution < 1.29 is 9.59 Å². The van der Waals surface area contributed by atoms with Gasteiger partial charge in [-0.15, -0.1) is 0 Å². The van der Waals surface area contributed by atoms with Crippen LogP contribution in [0, 0.1) is 12.3 Å². The molecule has 0 radical (unpaired) electrons. The fourth-order valence-electron chi connectivity index (χ4n) is 3.58. The fraction of sp³-hybridized carbons (Fsp3) is 0.556. The van der Waals surface area contributed by atoms with Crippen LogP contribution in [-0.4, -0.2) is 28.8 Å². The highest BCUT2D eigenvalue weighted by atomic mass is 16.2. The Hall–Kier alpha value is -1.88. The summed E-state index contributed by atoms with van der Waals surface area (Å²) >= 11 is 0. The first-order chi connectivity index (χ1) is 10.5. The zero-order chi connectivity index (χ0) is 17.2. The lowest BCUT2D eigenvalue weighted by Crippen LogP contribution is -2.57. The number of carbonyl (C=O) groups excluding carboxylic acids is 2. The molecule has 0 bridgehead atoms. The largest absolute Gasteiger partial charge is 0.322 e. The topological polar surface area (TPSA) is 61.4 Å². The van der Waals surface area contributed by atoms with Gasteiger partial charge in [-0.2, -0.15) is 0 Å². The van der Waals surface area contributed by atoms with Gasteiger partial charge in [-0.3, -0.25) is 14.9 Å². The first-order valence-corrected chi connectivity index (χ1v) is 8.02. The van der Waals surface area contributed by atoms with E-state index in [1.54, 1.807) is 4.90 Å². The van der Waals surface area contributed by atoms with Crippen molar-refractivity contribution >= 4 is 17.5 Å². The van der Waals surface area contributed by atoms with Gasteiger partial charge in [-0.1, -0.05) is 39.0 Å². The van der Waals surface area contributed by atoms with Gasteiger partial charge in [0.1, 0.15) is 0 Å². The van der Waals surface area contributed by atoms with Gasteiger partial charge < -0.3 is 10.2 Å². The van der Waals surface area contributed by atoms with Gasteiger partial charge in [-0.25, -0.2) is 0 Å². The van der Waals surface area contributed by atoms with E-state index in [2.05, 4.69) is 31.4 Å². The third-order valence-corrected chi connectivity index (χ3v) is 4.54. The second-order valence-electron chi connectivity index (χ2n) is 8.36. The fourth-order valence-corrected chi connectivity index (χ4v) is 3.58. The Morgan fingerprint density at radius 3 is 2.43 bits per heavy atom. The van der Waals surface area contributed by atoms with Crippen molar-refractivity contribution in [2.24, 2.45) is 5.41 Å².